The Balaban J connectivity index is 1.50. The number of hydrogen-bond donors (Lipinski definition) is 0. The number of alkyl halides is 3. The zero-order valence-electron chi connectivity index (χ0n) is 24.6. The Morgan fingerprint density at radius 1 is 1.05 bits per heavy atom. The van der Waals surface area contributed by atoms with Crippen LogP contribution in [0.25, 0.3) is 16.9 Å². The molecule has 12 heteroatoms. The molecule has 2 aromatic heterocycles. The zero-order chi connectivity index (χ0) is 31.1. The molecule has 1 aliphatic rings. The number of ether oxygens (including phenoxy) is 1. The maximum Gasteiger partial charge on any atom is 0.433 e. The largest absolute Gasteiger partial charge is 0.497 e. The van der Waals surface area contributed by atoms with E-state index in [9.17, 15) is 22.8 Å². The molecule has 226 valence electrons. The minimum absolute atomic E-state index is 0.0236. The molecule has 0 radical (unpaired) electrons. The fraction of sp³-hybridized carbons (Fsp3) is 0.355. The van der Waals surface area contributed by atoms with Crippen molar-refractivity contribution in [3.8, 4) is 17.0 Å². The van der Waals surface area contributed by atoms with Crippen LogP contribution in [0.5, 0.6) is 5.75 Å². The topological polar surface area (TPSA) is 83.3 Å². The predicted molar refractivity (Wildman–Crippen MR) is 155 cm³/mol. The number of likely N-dealkylation sites (N-methyl/N-ethyl adjacent to an activating group) is 1. The summed E-state index contributed by atoms with van der Waals surface area (Å²) in [7, 11) is 4.91. The molecule has 0 bridgehead atoms. The van der Waals surface area contributed by atoms with E-state index < -0.39 is 23.8 Å². The van der Waals surface area contributed by atoms with Crippen LogP contribution in [0.4, 0.5) is 13.2 Å². The lowest BCUT2D eigenvalue weighted by Crippen LogP contribution is -2.56. The summed E-state index contributed by atoms with van der Waals surface area (Å²) in [5, 5.41) is 3.98. The van der Waals surface area contributed by atoms with Gasteiger partial charge in [-0.2, -0.15) is 18.3 Å². The number of aromatic nitrogens is 3. The first-order chi connectivity index (χ1) is 20.4. The second-order valence-corrected chi connectivity index (χ2v) is 10.8. The van der Waals surface area contributed by atoms with E-state index in [0.717, 1.165) is 11.8 Å². The van der Waals surface area contributed by atoms with Crippen molar-refractivity contribution in [2.24, 2.45) is 0 Å². The van der Waals surface area contributed by atoms with Crippen molar-refractivity contribution in [3.05, 3.63) is 83.2 Å². The van der Waals surface area contributed by atoms with Crippen molar-refractivity contribution in [1.29, 1.82) is 0 Å². The number of carbonyl (C=O) groups is 2. The molecule has 1 aliphatic heterocycles. The van der Waals surface area contributed by atoms with Crippen molar-refractivity contribution < 1.29 is 27.5 Å². The number of halogens is 3. The summed E-state index contributed by atoms with van der Waals surface area (Å²) in [5.74, 6) is 0.00211. The van der Waals surface area contributed by atoms with Gasteiger partial charge in [0.15, 0.2) is 11.3 Å². The van der Waals surface area contributed by atoms with Crippen LogP contribution in [-0.2, 0) is 11.0 Å². The van der Waals surface area contributed by atoms with E-state index in [4.69, 9.17) is 4.74 Å². The normalized spacial score (nSPS) is 16.7. The maximum atomic E-state index is 14.4. The molecule has 5 rings (SSSR count). The van der Waals surface area contributed by atoms with E-state index in [0.29, 0.717) is 28.9 Å². The number of methoxy groups -OCH3 is 1. The quantitative estimate of drug-likeness (QED) is 0.322. The smallest absolute Gasteiger partial charge is 0.433 e. The summed E-state index contributed by atoms with van der Waals surface area (Å²) < 4.78 is 49.0. The van der Waals surface area contributed by atoms with Gasteiger partial charge in [-0.1, -0.05) is 30.3 Å². The van der Waals surface area contributed by atoms with Gasteiger partial charge in [-0.25, -0.2) is 9.50 Å². The van der Waals surface area contributed by atoms with Crippen LogP contribution < -0.4 is 4.74 Å². The molecular formula is C31H33F3N6O3. The molecule has 43 heavy (non-hydrogen) atoms. The van der Waals surface area contributed by atoms with E-state index in [1.807, 2.05) is 42.2 Å². The third kappa shape index (κ3) is 5.66. The minimum Gasteiger partial charge on any atom is -0.497 e. The lowest BCUT2D eigenvalue weighted by atomic mass is 10.0. The van der Waals surface area contributed by atoms with Crippen molar-refractivity contribution in [3.63, 3.8) is 0 Å². The number of hydrogen-bond acceptors (Lipinski definition) is 6. The van der Waals surface area contributed by atoms with E-state index in [1.165, 1.54) is 14.0 Å². The van der Waals surface area contributed by atoms with Crippen molar-refractivity contribution in [2.75, 3.05) is 40.8 Å². The highest BCUT2D eigenvalue weighted by Gasteiger charge is 2.40. The fourth-order valence-electron chi connectivity index (χ4n) is 5.65. The molecule has 2 amide bonds. The lowest BCUT2D eigenvalue weighted by molar-refractivity contribution is -0.143. The molecule has 0 aliphatic carbocycles. The number of rotatable bonds is 6. The summed E-state index contributed by atoms with van der Waals surface area (Å²) in [4.78, 5) is 36.8. The third-order valence-electron chi connectivity index (χ3n) is 7.82. The molecule has 1 unspecified atom stereocenters. The van der Waals surface area contributed by atoms with Crippen molar-refractivity contribution >= 4 is 17.5 Å². The van der Waals surface area contributed by atoms with Gasteiger partial charge in [0, 0.05) is 50.9 Å². The van der Waals surface area contributed by atoms with Crippen molar-refractivity contribution in [2.45, 2.75) is 32.1 Å². The Labute approximate surface area is 247 Å². The summed E-state index contributed by atoms with van der Waals surface area (Å²) in [6.07, 6.45) is -3.60. The number of fused-ring (bicyclic) bond motifs is 1. The van der Waals surface area contributed by atoms with Gasteiger partial charge in [0.05, 0.1) is 19.0 Å². The molecule has 9 nitrogen and oxygen atoms in total. The molecule has 1 fully saturated rings. The molecule has 0 N–H and O–H groups in total. The van der Waals surface area contributed by atoms with Crippen LogP contribution in [0.3, 0.4) is 0 Å². The van der Waals surface area contributed by atoms with Gasteiger partial charge in [-0.15, -0.1) is 0 Å². The standard InChI is InChI=1S/C31H33F3N6O3/c1-19-18-38(26(30(42)37(3)4)22-9-7-6-8-10-22)15-16-39(19)29(41)24-17-35-40-27(31(32,33)34)20(2)25(36-28(24)40)21-11-13-23(43-5)14-12-21/h6-14,17,19,26H,15-16,18H2,1-5H3/t19-,26?/m1/s1. The first-order valence-corrected chi connectivity index (χ1v) is 13.8. The first kappa shape index (κ1) is 30.0. The summed E-state index contributed by atoms with van der Waals surface area (Å²) in [6.45, 7) is 4.26. The summed E-state index contributed by atoms with van der Waals surface area (Å²) in [5.41, 5.74) is 0.104. The van der Waals surface area contributed by atoms with Gasteiger partial charge in [0.25, 0.3) is 5.91 Å². The Morgan fingerprint density at radius 3 is 2.30 bits per heavy atom. The van der Waals surface area contributed by atoms with E-state index in [2.05, 4.69) is 10.1 Å². The van der Waals surface area contributed by atoms with Gasteiger partial charge < -0.3 is 14.5 Å². The number of nitrogens with zero attached hydrogens (tertiary/aromatic N) is 6. The van der Waals surface area contributed by atoms with Gasteiger partial charge in [0.2, 0.25) is 5.91 Å². The van der Waals surface area contributed by atoms with Gasteiger partial charge in [-0.05, 0) is 43.7 Å². The highest BCUT2D eigenvalue weighted by Crippen LogP contribution is 2.37. The average molecular weight is 595 g/mol. The Morgan fingerprint density at radius 2 is 1.72 bits per heavy atom. The van der Waals surface area contributed by atoms with Crippen LogP contribution in [0, 0.1) is 6.92 Å². The minimum atomic E-state index is -4.75. The van der Waals surface area contributed by atoms with Gasteiger partial charge in [-0.3, -0.25) is 14.5 Å². The number of benzene rings is 2. The van der Waals surface area contributed by atoms with Gasteiger partial charge in [0.1, 0.15) is 17.4 Å². The molecule has 0 saturated carbocycles. The van der Waals surface area contributed by atoms with E-state index in [-0.39, 0.29) is 41.0 Å². The second-order valence-electron chi connectivity index (χ2n) is 10.8. The average Bonchev–Trinajstić information content (AvgIpc) is 3.39. The molecule has 4 aromatic rings. The zero-order valence-corrected chi connectivity index (χ0v) is 24.6. The van der Waals surface area contributed by atoms with Crippen molar-refractivity contribution in [1.82, 2.24) is 29.3 Å². The number of carbonyl (C=O) groups excluding carboxylic acids is 2. The molecule has 3 heterocycles. The number of piperazine rings is 1. The SMILES string of the molecule is COc1ccc(-c2nc3c(C(=O)N4CCN(C(C(=O)N(C)C)c5ccccc5)C[C@H]4C)cnn3c(C(F)(F)F)c2C)cc1. The van der Waals surface area contributed by atoms with Crippen LogP contribution in [0.2, 0.25) is 0 Å². The van der Waals surface area contributed by atoms with Crippen LogP contribution in [0.1, 0.15) is 40.1 Å². The Hall–Kier alpha value is -4.45. The molecule has 2 aromatic carbocycles. The maximum absolute atomic E-state index is 14.4. The lowest BCUT2D eigenvalue weighted by Gasteiger charge is -2.43. The first-order valence-electron chi connectivity index (χ1n) is 13.8. The molecule has 0 spiro atoms. The molecular weight excluding hydrogens is 561 g/mol. The highest BCUT2D eigenvalue weighted by molar-refractivity contribution is 6.00. The highest BCUT2D eigenvalue weighted by atomic mass is 19.4. The number of amides is 2. The summed E-state index contributed by atoms with van der Waals surface area (Å²) in [6, 6.07) is 15.1. The van der Waals surface area contributed by atoms with Crippen LogP contribution in [-0.4, -0.2) is 88.0 Å². The Bertz CT molecular complexity index is 1640. The van der Waals surface area contributed by atoms with E-state index in [1.54, 1.807) is 48.2 Å². The van der Waals surface area contributed by atoms with Crippen LogP contribution >= 0.6 is 0 Å². The molecule has 2 atom stereocenters. The monoisotopic (exact) mass is 594 g/mol. The van der Waals surface area contributed by atoms with Gasteiger partial charge >= 0.3 is 6.18 Å². The summed E-state index contributed by atoms with van der Waals surface area (Å²) >= 11 is 0. The molecule has 1 saturated heterocycles. The van der Waals surface area contributed by atoms with Crippen LogP contribution in [0.15, 0.2) is 60.8 Å². The Kier molecular flexibility index (Phi) is 8.15. The predicted octanol–water partition coefficient (Wildman–Crippen LogP) is 4.71. The second kappa shape index (κ2) is 11.7. The van der Waals surface area contributed by atoms with E-state index >= 15 is 0 Å². The third-order valence-corrected chi connectivity index (χ3v) is 7.82. The fourth-order valence-corrected chi connectivity index (χ4v) is 5.65.